The zero-order chi connectivity index (χ0) is 13.8. The maximum atomic E-state index is 11.1. The first-order valence-corrected chi connectivity index (χ1v) is 6.25. The highest BCUT2D eigenvalue weighted by Crippen LogP contribution is 2.16. The van der Waals surface area contributed by atoms with Crippen LogP contribution in [0, 0.1) is 0 Å². The van der Waals surface area contributed by atoms with E-state index in [9.17, 15) is 4.79 Å². The van der Waals surface area contributed by atoms with Crippen molar-refractivity contribution >= 4 is 11.6 Å². The number of nitrogens with two attached hydrogens (primary N) is 2. The average molecular weight is 249 g/mol. The highest BCUT2D eigenvalue weighted by Gasteiger charge is 2.25. The molecule has 0 radical (unpaired) electrons. The van der Waals surface area contributed by atoms with Crippen LogP contribution >= 0.6 is 0 Å². The molecule has 1 rings (SSSR count). The van der Waals surface area contributed by atoms with Gasteiger partial charge in [0, 0.05) is 19.3 Å². The molecule has 0 bridgehead atoms. The highest BCUT2D eigenvalue weighted by molar-refractivity contribution is 5.83. The molecule has 4 N–H and O–H groups in total. The Hall–Kier alpha value is -1.55. The van der Waals surface area contributed by atoms with E-state index in [-0.39, 0.29) is 0 Å². The summed E-state index contributed by atoms with van der Waals surface area (Å²) in [4.78, 5) is 13.2. The highest BCUT2D eigenvalue weighted by atomic mass is 16.1. The summed E-state index contributed by atoms with van der Waals surface area (Å²) >= 11 is 0. The number of aryl methyl sites for hydroxylation is 1. The van der Waals surface area contributed by atoms with Crippen molar-refractivity contribution in [2.24, 2.45) is 11.5 Å². The van der Waals surface area contributed by atoms with Gasteiger partial charge in [0.15, 0.2) is 0 Å². The van der Waals surface area contributed by atoms with Crippen LogP contribution < -0.4 is 16.4 Å². The maximum absolute atomic E-state index is 11.1. The number of amides is 1. The van der Waals surface area contributed by atoms with Gasteiger partial charge in [-0.05, 0) is 37.5 Å². The van der Waals surface area contributed by atoms with Crippen LogP contribution in [0.3, 0.4) is 0 Å². The quantitative estimate of drug-likeness (QED) is 0.797. The van der Waals surface area contributed by atoms with Crippen molar-refractivity contribution in [1.82, 2.24) is 0 Å². The van der Waals surface area contributed by atoms with Gasteiger partial charge in [0.1, 0.15) is 0 Å². The van der Waals surface area contributed by atoms with Crippen LogP contribution in [0.25, 0.3) is 0 Å². The molecule has 4 heteroatoms. The number of anilines is 1. The van der Waals surface area contributed by atoms with Crippen LogP contribution in [0.4, 0.5) is 5.69 Å². The van der Waals surface area contributed by atoms with Crippen molar-refractivity contribution in [2.45, 2.75) is 32.2 Å². The zero-order valence-electron chi connectivity index (χ0n) is 11.4. The van der Waals surface area contributed by atoms with E-state index >= 15 is 0 Å². The Morgan fingerprint density at radius 3 is 2.33 bits per heavy atom. The second kappa shape index (κ2) is 5.87. The normalized spacial score (nSPS) is 14.0. The number of nitrogens with zero attached hydrogens (tertiary/aromatic N) is 1. The molecule has 0 spiro atoms. The maximum Gasteiger partial charge on any atom is 0.237 e. The molecule has 0 saturated heterocycles. The van der Waals surface area contributed by atoms with Crippen molar-refractivity contribution in [3.8, 4) is 0 Å². The van der Waals surface area contributed by atoms with Gasteiger partial charge in [-0.3, -0.25) is 4.79 Å². The van der Waals surface area contributed by atoms with Crippen LogP contribution in [0.15, 0.2) is 24.3 Å². The molecule has 0 fully saturated rings. The fourth-order valence-corrected chi connectivity index (χ4v) is 1.64. The van der Waals surface area contributed by atoms with Crippen molar-refractivity contribution in [2.75, 3.05) is 18.5 Å². The summed E-state index contributed by atoms with van der Waals surface area (Å²) in [6.07, 6.45) is 1.57. The summed E-state index contributed by atoms with van der Waals surface area (Å²) in [7, 11) is 1.98. The molecule has 18 heavy (non-hydrogen) atoms. The predicted octanol–water partition coefficient (Wildman–Crippen LogP) is 1.28. The van der Waals surface area contributed by atoms with Crippen molar-refractivity contribution in [3.05, 3.63) is 29.8 Å². The predicted molar refractivity (Wildman–Crippen MR) is 75.5 cm³/mol. The van der Waals surface area contributed by atoms with Gasteiger partial charge < -0.3 is 16.4 Å². The molecule has 0 aromatic heterocycles. The third-order valence-corrected chi connectivity index (χ3v) is 3.31. The number of carbonyl (C=O) groups excluding carboxylic acids is 1. The lowest BCUT2D eigenvalue weighted by molar-refractivity contribution is -0.122. The SMILES string of the molecule is CCc1ccc(N(C)CCC(C)(N)C(N)=O)cc1. The van der Waals surface area contributed by atoms with Gasteiger partial charge >= 0.3 is 0 Å². The standard InChI is InChI=1S/C14H23N3O/c1-4-11-5-7-12(8-6-11)17(3)10-9-14(2,16)13(15)18/h5-8H,4,9-10,16H2,1-3H3,(H2,15,18). The van der Waals surface area contributed by atoms with Crippen LogP contribution in [-0.4, -0.2) is 25.0 Å². The summed E-state index contributed by atoms with van der Waals surface area (Å²) in [5, 5.41) is 0. The molecule has 4 nitrogen and oxygen atoms in total. The molecule has 1 unspecified atom stereocenters. The first-order chi connectivity index (χ1) is 8.36. The van der Waals surface area contributed by atoms with Gasteiger partial charge in [0.05, 0.1) is 5.54 Å². The van der Waals surface area contributed by atoms with Gasteiger partial charge in [-0.1, -0.05) is 19.1 Å². The monoisotopic (exact) mass is 249 g/mol. The zero-order valence-corrected chi connectivity index (χ0v) is 11.4. The topological polar surface area (TPSA) is 72.3 Å². The molecule has 100 valence electrons. The summed E-state index contributed by atoms with van der Waals surface area (Å²) in [5.41, 5.74) is 12.6. The molecule has 0 saturated carbocycles. The molecule has 1 aromatic carbocycles. The minimum Gasteiger partial charge on any atom is -0.375 e. The van der Waals surface area contributed by atoms with Crippen molar-refractivity contribution in [1.29, 1.82) is 0 Å². The third kappa shape index (κ3) is 3.74. The molecule has 0 heterocycles. The van der Waals surface area contributed by atoms with Gasteiger partial charge in [0.25, 0.3) is 0 Å². The van der Waals surface area contributed by atoms with Crippen LogP contribution in [0.2, 0.25) is 0 Å². The van der Waals surface area contributed by atoms with E-state index in [1.807, 2.05) is 7.05 Å². The summed E-state index contributed by atoms with van der Waals surface area (Å²) in [6.45, 7) is 4.50. The molecular weight excluding hydrogens is 226 g/mol. The number of primary amides is 1. The number of carbonyl (C=O) groups is 1. The molecule has 1 amide bonds. The summed E-state index contributed by atoms with van der Waals surface area (Å²) in [6, 6.07) is 8.39. The number of hydrogen-bond acceptors (Lipinski definition) is 3. The first kappa shape index (κ1) is 14.5. The second-order valence-electron chi connectivity index (χ2n) is 4.97. The Morgan fingerprint density at radius 1 is 1.33 bits per heavy atom. The number of rotatable bonds is 6. The lowest BCUT2D eigenvalue weighted by Crippen LogP contribution is -2.51. The van der Waals surface area contributed by atoms with E-state index in [1.54, 1.807) is 6.92 Å². The van der Waals surface area contributed by atoms with Gasteiger partial charge in [-0.2, -0.15) is 0 Å². The van der Waals surface area contributed by atoms with E-state index in [1.165, 1.54) is 5.56 Å². The average Bonchev–Trinajstić information content (AvgIpc) is 2.36. The summed E-state index contributed by atoms with van der Waals surface area (Å²) < 4.78 is 0. The van der Waals surface area contributed by atoms with E-state index < -0.39 is 11.4 Å². The fourth-order valence-electron chi connectivity index (χ4n) is 1.64. The fraction of sp³-hybridized carbons (Fsp3) is 0.500. The van der Waals surface area contributed by atoms with Gasteiger partial charge in [-0.25, -0.2) is 0 Å². The molecule has 1 atom stereocenters. The number of benzene rings is 1. The Labute approximate surface area is 109 Å². The van der Waals surface area contributed by atoms with Crippen LogP contribution in [0.5, 0.6) is 0 Å². The number of hydrogen-bond donors (Lipinski definition) is 2. The Kier molecular flexibility index (Phi) is 4.73. The molecule has 0 aliphatic heterocycles. The van der Waals surface area contributed by atoms with E-state index in [0.29, 0.717) is 13.0 Å². The van der Waals surface area contributed by atoms with Crippen LogP contribution in [0.1, 0.15) is 25.8 Å². The smallest absolute Gasteiger partial charge is 0.237 e. The largest absolute Gasteiger partial charge is 0.375 e. The van der Waals surface area contributed by atoms with E-state index in [4.69, 9.17) is 11.5 Å². The Balaban J connectivity index is 2.59. The molecular formula is C14H23N3O. The van der Waals surface area contributed by atoms with E-state index in [2.05, 4.69) is 36.1 Å². The lowest BCUT2D eigenvalue weighted by atomic mass is 9.98. The molecule has 0 aliphatic carbocycles. The molecule has 0 aliphatic rings. The minimum absolute atomic E-state index is 0.461. The van der Waals surface area contributed by atoms with Gasteiger partial charge in [0.2, 0.25) is 5.91 Å². The summed E-state index contributed by atoms with van der Waals surface area (Å²) in [5.74, 6) is -0.461. The minimum atomic E-state index is -0.947. The van der Waals surface area contributed by atoms with Gasteiger partial charge in [-0.15, -0.1) is 0 Å². The Bertz CT molecular complexity index is 398. The molecule has 1 aromatic rings. The second-order valence-corrected chi connectivity index (χ2v) is 4.97. The lowest BCUT2D eigenvalue weighted by Gasteiger charge is -2.26. The van der Waals surface area contributed by atoms with Crippen molar-refractivity contribution in [3.63, 3.8) is 0 Å². The Morgan fingerprint density at radius 2 is 1.89 bits per heavy atom. The van der Waals surface area contributed by atoms with Crippen molar-refractivity contribution < 1.29 is 4.79 Å². The first-order valence-electron chi connectivity index (χ1n) is 6.25. The third-order valence-electron chi connectivity index (χ3n) is 3.31. The van der Waals surface area contributed by atoms with E-state index in [0.717, 1.165) is 12.1 Å². The van der Waals surface area contributed by atoms with Crippen LogP contribution in [-0.2, 0) is 11.2 Å².